The Morgan fingerprint density at radius 2 is 2.00 bits per heavy atom. The Balaban J connectivity index is 1.49. The Bertz CT molecular complexity index is 782. The molecule has 0 bridgehead atoms. The molecular weight excluding hydrogens is 318 g/mol. The number of carbonyl (C=O) groups is 1. The number of aromatic nitrogens is 2. The Hall–Kier alpha value is -2.37. The van der Waals surface area contributed by atoms with Crippen LogP contribution >= 0.6 is 0 Å². The van der Waals surface area contributed by atoms with Crippen molar-refractivity contribution >= 4 is 6.09 Å². The number of rotatable bonds is 2. The van der Waals surface area contributed by atoms with Crippen LogP contribution in [-0.4, -0.2) is 39.8 Å². The third kappa shape index (κ3) is 2.90. The SMILES string of the molecule is Cc1onc(C2[C@H]3CN(C(=O)OC(C)(C)C)C[C@@H]23)c1-c1ccccn1. The minimum absolute atomic E-state index is 0.222. The number of aryl methyl sites for hydroxylation is 1. The highest BCUT2D eigenvalue weighted by Gasteiger charge is 2.59. The molecule has 2 aromatic rings. The van der Waals surface area contributed by atoms with Crippen LogP contribution in [0, 0.1) is 18.8 Å². The average molecular weight is 341 g/mol. The van der Waals surface area contributed by atoms with E-state index in [-0.39, 0.29) is 6.09 Å². The van der Waals surface area contributed by atoms with Gasteiger partial charge in [0.2, 0.25) is 0 Å². The van der Waals surface area contributed by atoms with Crippen LogP contribution in [0.5, 0.6) is 0 Å². The van der Waals surface area contributed by atoms with Crippen molar-refractivity contribution in [3.8, 4) is 11.3 Å². The Kier molecular flexibility index (Phi) is 3.60. The molecule has 2 aromatic heterocycles. The summed E-state index contributed by atoms with van der Waals surface area (Å²) in [5, 5.41) is 4.32. The molecule has 0 spiro atoms. The molecule has 1 amide bonds. The van der Waals surface area contributed by atoms with E-state index in [2.05, 4.69) is 10.1 Å². The standard InChI is InChI=1S/C19H23N3O3/c1-11-15(14-7-5-6-8-20-14)17(21-25-11)16-12-9-22(10-13(12)16)18(23)24-19(2,3)4/h5-8,12-13,16H,9-10H2,1-4H3/t12-,13+,16?. The van der Waals surface area contributed by atoms with Crippen molar-refractivity contribution in [1.82, 2.24) is 15.0 Å². The first kappa shape index (κ1) is 16.1. The van der Waals surface area contributed by atoms with Gasteiger partial charge in [-0.2, -0.15) is 0 Å². The number of ether oxygens (including phenoxy) is 1. The maximum atomic E-state index is 12.2. The topological polar surface area (TPSA) is 68.5 Å². The molecule has 6 nitrogen and oxygen atoms in total. The molecule has 25 heavy (non-hydrogen) atoms. The zero-order valence-corrected chi connectivity index (χ0v) is 15.0. The molecule has 1 unspecified atom stereocenters. The summed E-state index contributed by atoms with van der Waals surface area (Å²) in [5.41, 5.74) is 2.42. The van der Waals surface area contributed by atoms with Crippen molar-refractivity contribution in [2.45, 2.75) is 39.2 Å². The van der Waals surface area contributed by atoms with Gasteiger partial charge in [0.05, 0.1) is 17.0 Å². The Morgan fingerprint density at radius 3 is 2.60 bits per heavy atom. The van der Waals surface area contributed by atoms with Gasteiger partial charge in [-0.15, -0.1) is 0 Å². The molecule has 1 saturated carbocycles. The molecule has 2 fully saturated rings. The fourth-order valence-electron chi connectivity index (χ4n) is 3.85. The largest absolute Gasteiger partial charge is 0.444 e. The second-order valence-corrected chi connectivity index (χ2v) is 7.95. The molecule has 2 aliphatic rings. The summed E-state index contributed by atoms with van der Waals surface area (Å²) in [6, 6.07) is 5.85. The van der Waals surface area contributed by atoms with E-state index in [0.29, 0.717) is 17.8 Å². The summed E-state index contributed by atoms with van der Waals surface area (Å²) in [7, 11) is 0. The third-order valence-corrected chi connectivity index (χ3v) is 4.97. The van der Waals surface area contributed by atoms with E-state index in [4.69, 9.17) is 9.26 Å². The van der Waals surface area contributed by atoms with Crippen molar-refractivity contribution in [2.75, 3.05) is 13.1 Å². The maximum Gasteiger partial charge on any atom is 0.410 e. The third-order valence-electron chi connectivity index (χ3n) is 4.97. The summed E-state index contributed by atoms with van der Waals surface area (Å²) in [5.74, 6) is 2.00. The van der Waals surface area contributed by atoms with Gasteiger partial charge >= 0.3 is 6.09 Å². The summed E-state index contributed by atoms with van der Waals surface area (Å²) in [4.78, 5) is 18.5. The summed E-state index contributed by atoms with van der Waals surface area (Å²) in [6.07, 6.45) is 1.56. The number of hydrogen-bond donors (Lipinski definition) is 0. The summed E-state index contributed by atoms with van der Waals surface area (Å²) in [6.45, 7) is 9.03. The number of pyridine rings is 1. The molecule has 1 saturated heterocycles. The number of hydrogen-bond acceptors (Lipinski definition) is 5. The highest BCUT2D eigenvalue weighted by atomic mass is 16.6. The highest BCUT2D eigenvalue weighted by molar-refractivity contribution is 5.70. The quantitative estimate of drug-likeness (QED) is 0.834. The molecule has 6 heteroatoms. The number of fused-ring (bicyclic) bond motifs is 1. The van der Waals surface area contributed by atoms with Gasteiger partial charge < -0.3 is 14.2 Å². The van der Waals surface area contributed by atoms with Crippen molar-refractivity contribution in [3.63, 3.8) is 0 Å². The number of likely N-dealkylation sites (tertiary alicyclic amines) is 1. The molecule has 0 aromatic carbocycles. The first-order chi connectivity index (χ1) is 11.8. The summed E-state index contributed by atoms with van der Waals surface area (Å²) >= 11 is 0. The number of nitrogens with zero attached hydrogens (tertiary/aromatic N) is 3. The summed E-state index contributed by atoms with van der Waals surface area (Å²) < 4.78 is 10.9. The van der Waals surface area contributed by atoms with E-state index in [1.165, 1.54) is 0 Å². The van der Waals surface area contributed by atoms with Crippen LogP contribution in [0.2, 0.25) is 0 Å². The number of piperidine rings is 1. The fraction of sp³-hybridized carbons (Fsp3) is 0.526. The van der Waals surface area contributed by atoms with Gasteiger partial charge in [0.1, 0.15) is 11.4 Å². The van der Waals surface area contributed by atoms with Crippen molar-refractivity contribution in [2.24, 2.45) is 11.8 Å². The van der Waals surface area contributed by atoms with Crippen LogP contribution in [0.15, 0.2) is 28.9 Å². The normalized spacial score (nSPS) is 25.0. The van der Waals surface area contributed by atoms with Crippen LogP contribution < -0.4 is 0 Å². The predicted octanol–water partition coefficient (Wildman–Crippen LogP) is 3.63. The zero-order chi connectivity index (χ0) is 17.8. The van der Waals surface area contributed by atoms with Gasteiger partial charge in [0.25, 0.3) is 0 Å². The first-order valence-electron chi connectivity index (χ1n) is 8.70. The van der Waals surface area contributed by atoms with E-state index in [0.717, 1.165) is 35.8 Å². The van der Waals surface area contributed by atoms with Crippen molar-refractivity contribution < 1.29 is 14.1 Å². The monoisotopic (exact) mass is 341 g/mol. The molecule has 3 atom stereocenters. The number of carbonyl (C=O) groups excluding carboxylic acids is 1. The molecule has 132 valence electrons. The lowest BCUT2D eigenvalue weighted by atomic mass is 10.0. The van der Waals surface area contributed by atoms with E-state index >= 15 is 0 Å². The van der Waals surface area contributed by atoms with E-state index in [1.54, 1.807) is 6.20 Å². The van der Waals surface area contributed by atoms with Gasteiger partial charge in [0.15, 0.2) is 0 Å². The lowest BCUT2D eigenvalue weighted by Crippen LogP contribution is -2.36. The smallest absolute Gasteiger partial charge is 0.410 e. The molecule has 1 aliphatic heterocycles. The molecule has 0 radical (unpaired) electrons. The van der Waals surface area contributed by atoms with E-state index in [1.807, 2.05) is 50.8 Å². The van der Waals surface area contributed by atoms with Crippen LogP contribution in [0.25, 0.3) is 11.3 Å². The predicted molar refractivity (Wildman–Crippen MR) is 92.0 cm³/mol. The highest BCUT2D eigenvalue weighted by Crippen LogP contribution is 2.59. The fourth-order valence-corrected chi connectivity index (χ4v) is 3.85. The lowest BCUT2D eigenvalue weighted by molar-refractivity contribution is 0.0270. The minimum Gasteiger partial charge on any atom is -0.444 e. The van der Waals surface area contributed by atoms with Crippen molar-refractivity contribution in [1.29, 1.82) is 0 Å². The van der Waals surface area contributed by atoms with Crippen LogP contribution in [0.1, 0.15) is 38.1 Å². The van der Waals surface area contributed by atoms with Gasteiger partial charge in [-0.3, -0.25) is 4.98 Å². The first-order valence-corrected chi connectivity index (χ1v) is 8.70. The second kappa shape index (κ2) is 5.58. The maximum absolute atomic E-state index is 12.2. The molecular formula is C19H23N3O3. The molecule has 1 aliphatic carbocycles. The molecule has 0 N–H and O–H groups in total. The zero-order valence-electron chi connectivity index (χ0n) is 15.0. The van der Waals surface area contributed by atoms with Crippen LogP contribution in [-0.2, 0) is 4.74 Å². The van der Waals surface area contributed by atoms with Gasteiger partial charge in [-0.25, -0.2) is 4.79 Å². The van der Waals surface area contributed by atoms with Gasteiger partial charge in [0, 0.05) is 25.2 Å². The van der Waals surface area contributed by atoms with E-state index < -0.39 is 5.60 Å². The molecule has 3 heterocycles. The number of amides is 1. The van der Waals surface area contributed by atoms with Gasteiger partial charge in [-0.05, 0) is 51.7 Å². The average Bonchev–Trinajstić information content (AvgIpc) is 2.90. The van der Waals surface area contributed by atoms with Crippen LogP contribution in [0.4, 0.5) is 4.79 Å². The molecule has 4 rings (SSSR count). The Labute approximate surface area is 147 Å². The second-order valence-electron chi connectivity index (χ2n) is 7.95. The van der Waals surface area contributed by atoms with Crippen LogP contribution in [0.3, 0.4) is 0 Å². The Morgan fingerprint density at radius 1 is 1.28 bits per heavy atom. The lowest BCUT2D eigenvalue weighted by Gasteiger charge is -2.25. The van der Waals surface area contributed by atoms with E-state index in [9.17, 15) is 4.79 Å². The van der Waals surface area contributed by atoms with Gasteiger partial charge in [-0.1, -0.05) is 11.2 Å². The minimum atomic E-state index is -0.460. The van der Waals surface area contributed by atoms with Crippen molar-refractivity contribution in [3.05, 3.63) is 35.9 Å².